The van der Waals surface area contributed by atoms with E-state index in [1.54, 1.807) is 4.67 Å². The lowest BCUT2D eigenvalue weighted by Crippen LogP contribution is -2.47. The van der Waals surface area contributed by atoms with E-state index in [9.17, 15) is 14.8 Å². The molecule has 0 radical (unpaired) electrons. The van der Waals surface area contributed by atoms with Crippen molar-refractivity contribution in [2.24, 2.45) is 5.73 Å². The first-order chi connectivity index (χ1) is 10.2. The van der Waals surface area contributed by atoms with E-state index in [-0.39, 0.29) is 25.1 Å². The minimum atomic E-state index is -2.35. The molecule has 0 spiro atoms. The number of hydrogen-bond donors (Lipinski definition) is 3. The maximum atomic E-state index is 12.9. The summed E-state index contributed by atoms with van der Waals surface area (Å²) in [7, 11) is -2.35. The van der Waals surface area contributed by atoms with Crippen molar-refractivity contribution in [1.29, 1.82) is 0 Å². The lowest BCUT2D eigenvalue weighted by Gasteiger charge is -2.29. The number of ether oxygens (including phenoxy) is 1. The SMILES string of the molecule is C=CCOC(O)(C(O)CCCCN)[P+](=O)N(C(C)C)C(C)C. The Hall–Kier alpha value is -0.360. The molecule has 0 rings (SSSR count). The molecule has 0 aliphatic heterocycles. The second-order valence-corrected chi connectivity index (χ2v) is 7.55. The number of aliphatic hydroxyl groups is 2. The van der Waals surface area contributed by atoms with Crippen molar-refractivity contribution in [3.8, 4) is 0 Å². The van der Waals surface area contributed by atoms with E-state index in [4.69, 9.17) is 10.5 Å². The highest BCUT2D eigenvalue weighted by atomic mass is 31.1. The van der Waals surface area contributed by atoms with Crippen molar-refractivity contribution in [2.45, 2.75) is 70.7 Å². The van der Waals surface area contributed by atoms with E-state index in [1.807, 2.05) is 27.7 Å². The molecule has 0 saturated heterocycles. The normalized spacial score (nSPS) is 16.9. The first-order valence-electron chi connectivity index (χ1n) is 7.83. The molecule has 0 aromatic rings. The van der Waals surface area contributed by atoms with Crippen LogP contribution in [-0.4, -0.2) is 51.8 Å². The Bertz CT molecular complexity index is 344. The molecule has 130 valence electrons. The molecule has 0 bridgehead atoms. The van der Waals surface area contributed by atoms with Crippen LogP contribution in [0.4, 0.5) is 0 Å². The summed E-state index contributed by atoms with van der Waals surface area (Å²) in [5, 5.41) is 21.1. The van der Waals surface area contributed by atoms with E-state index >= 15 is 0 Å². The predicted octanol–water partition coefficient (Wildman–Crippen LogP) is 2.19. The molecule has 6 nitrogen and oxygen atoms in total. The Balaban J connectivity index is 5.28. The van der Waals surface area contributed by atoms with Crippen LogP contribution in [0.1, 0.15) is 47.0 Å². The minimum Gasteiger partial charge on any atom is -0.382 e. The Morgan fingerprint density at radius 1 is 1.32 bits per heavy atom. The van der Waals surface area contributed by atoms with Gasteiger partial charge in [-0.3, -0.25) is 0 Å². The van der Waals surface area contributed by atoms with Crippen LogP contribution >= 0.6 is 7.95 Å². The van der Waals surface area contributed by atoms with Gasteiger partial charge in [-0.15, -0.1) is 6.58 Å². The fourth-order valence-corrected chi connectivity index (χ4v) is 4.05. The maximum Gasteiger partial charge on any atom is 0.505 e. The number of nitrogens with two attached hydrogens (primary N) is 1. The molecule has 0 aromatic carbocycles. The zero-order chi connectivity index (χ0) is 17.3. The third kappa shape index (κ3) is 6.03. The van der Waals surface area contributed by atoms with Crippen molar-refractivity contribution in [2.75, 3.05) is 13.2 Å². The van der Waals surface area contributed by atoms with Gasteiger partial charge in [-0.25, -0.2) is 0 Å². The van der Waals surface area contributed by atoms with Gasteiger partial charge in [0.2, 0.25) is 0 Å². The molecule has 0 saturated carbocycles. The van der Waals surface area contributed by atoms with Crippen molar-refractivity contribution < 1.29 is 19.5 Å². The van der Waals surface area contributed by atoms with Gasteiger partial charge in [0.05, 0.1) is 6.61 Å². The second kappa shape index (κ2) is 10.4. The highest BCUT2D eigenvalue weighted by molar-refractivity contribution is 7.43. The lowest BCUT2D eigenvalue weighted by atomic mass is 10.1. The van der Waals surface area contributed by atoms with Gasteiger partial charge in [0.15, 0.2) is 6.10 Å². The smallest absolute Gasteiger partial charge is 0.382 e. The van der Waals surface area contributed by atoms with Gasteiger partial charge in [-0.2, -0.15) is 0 Å². The van der Waals surface area contributed by atoms with Crippen LogP contribution in [0.5, 0.6) is 0 Å². The standard InChI is InChI=1S/C15H32N2O4P/c1-6-11-21-15(19,14(18)9-7-8-10-16)22(20)17(12(2)3)13(4)5/h6,12-14,18-19H,1,7-11,16H2,2-5H3/q+1. The molecule has 3 atom stereocenters. The molecule has 0 fully saturated rings. The van der Waals surface area contributed by atoms with E-state index in [0.29, 0.717) is 13.0 Å². The zero-order valence-corrected chi connectivity index (χ0v) is 15.1. The van der Waals surface area contributed by atoms with Crippen LogP contribution in [0.25, 0.3) is 0 Å². The average Bonchev–Trinajstić information content (AvgIpc) is 2.43. The third-order valence-electron chi connectivity index (χ3n) is 3.32. The predicted molar refractivity (Wildman–Crippen MR) is 89.7 cm³/mol. The summed E-state index contributed by atoms with van der Waals surface area (Å²) in [6, 6.07) is -0.114. The summed E-state index contributed by atoms with van der Waals surface area (Å²) in [6.07, 6.45) is 1.83. The number of aliphatic hydroxyl groups excluding tert-OH is 1. The lowest BCUT2D eigenvalue weighted by molar-refractivity contribution is -0.195. The molecule has 3 unspecified atom stereocenters. The van der Waals surface area contributed by atoms with E-state index in [2.05, 4.69) is 6.58 Å². The Labute approximate surface area is 135 Å². The minimum absolute atomic E-state index is 0.00948. The molecule has 0 aromatic heterocycles. The molecule has 0 aliphatic carbocycles. The van der Waals surface area contributed by atoms with Gasteiger partial charge < -0.3 is 20.7 Å². The van der Waals surface area contributed by atoms with Crippen molar-refractivity contribution in [3.63, 3.8) is 0 Å². The van der Waals surface area contributed by atoms with Gasteiger partial charge in [0, 0.05) is 12.1 Å². The summed E-state index contributed by atoms with van der Waals surface area (Å²) in [6.45, 7) is 11.6. The molecule has 22 heavy (non-hydrogen) atoms. The van der Waals surface area contributed by atoms with Crippen LogP contribution < -0.4 is 5.73 Å². The van der Waals surface area contributed by atoms with Crippen molar-refractivity contribution in [3.05, 3.63) is 12.7 Å². The molecular formula is C15H32N2O4P+. The molecule has 4 N–H and O–H groups in total. The number of hydrogen-bond acceptors (Lipinski definition) is 5. The quantitative estimate of drug-likeness (QED) is 0.219. The zero-order valence-electron chi connectivity index (χ0n) is 14.2. The van der Waals surface area contributed by atoms with E-state index in [1.165, 1.54) is 6.08 Å². The van der Waals surface area contributed by atoms with Crippen LogP contribution in [0.15, 0.2) is 12.7 Å². The summed E-state index contributed by atoms with van der Waals surface area (Å²) < 4.78 is 19.9. The molecule has 0 aliphatic rings. The second-order valence-electron chi connectivity index (χ2n) is 5.90. The average molecular weight is 335 g/mol. The van der Waals surface area contributed by atoms with Crippen LogP contribution in [-0.2, 0) is 9.30 Å². The van der Waals surface area contributed by atoms with Crippen LogP contribution in [0.2, 0.25) is 0 Å². The first-order valence-corrected chi connectivity index (χ1v) is 9.04. The van der Waals surface area contributed by atoms with Gasteiger partial charge >= 0.3 is 13.5 Å². The van der Waals surface area contributed by atoms with Gasteiger partial charge in [-0.05, 0) is 58.1 Å². The monoisotopic (exact) mass is 335 g/mol. The number of unbranched alkanes of at least 4 members (excludes halogenated alkanes) is 1. The van der Waals surface area contributed by atoms with E-state index < -0.39 is 19.6 Å². The highest BCUT2D eigenvalue weighted by Gasteiger charge is 2.60. The summed E-state index contributed by atoms with van der Waals surface area (Å²) in [5.41, 5.74) is 3.32. The summed E-state index contributed by atoms with van der Waals surface area (Å²) >= 11 is 0. The highest BCUT2D eigenvalue weighted by Crippen LogP contribution is 2.47. The molecular weight excluding hydrogens is 303 g/mol. The third-order valence-corrected chi connectivity index (χ3v) is 5.64. The maximum absolute atomic E-state index is 12.9. The first kappa shape index (κ1) is 21.6. The summed E-state index contributed by atoms with van der Waals surface area (Å²) in [5.74, 6) is 0. The Morgan fingerprint density at radius 3 is 2.27 bits per heavy atom. The fraction of sp³-hybridized carbons (Fsp3) is 0.867. The summed E-state index contributed by atoms with van der Waals surface area (Å²) in [4.78, 5) is 0. The molecule has 0 amide bonds. The van der Waals surface area contributed by atoms with Gasteiger partial charge in [0.25, 0.3) is 0 Å². The Morgan fingerprint density at radius 2 is 1.86 bits per heavy atom. The molecule has 7 heteroatoms. The van der Waals surface area contributed by atoms with E-state index in [0.717, 1.165) is 6.42 Å². The Kier molecular flexibility index (Phi) is 10.3. The largest absolute Gasteiger partial charge is 0.505 e. The van der Waals surface area contributed by atoms with Crippen molar-refractivity contribution in [1.82, 2.24) is 4.67 Å². The van der Waals surface area contributed by atoms with Crippen LogP contribution in [0.3, 0.4) is 0 Å². The fourth-order valence-electron chi connectivity index (χ4n) is 2.31. The topological polar surface area (TPSA) is 96.0 Å². The van der Waals surface area contributed by atoms with Gasteiger partial charge in [-0.1, -0.05) is 10.7 Å². The van der Waals surface area contributed by atoms with Crippen LogP contribution in [0, 0.1) is 0 Å². The number of rotatable bonds is 12. The van der Waals surface area contributed by atoms with Crippen molar-refractivity contribution >= 4 is 7.95 Å². The molecule has 0 heterocycles. The van der Waals surface area contributed by atoms with Gasteiger partial charge in [0.1, 0.15) is 0 Å². The number of nitrogens with zero attached hydrogens (tertiary/aromatic N) is 1.